The molecule has 0 saturated heterocycles. The molecule has 0 aromatic heterocycles. The average molecular weight is 328 g/mol. The first-order chi connectivity index (χ1) is 9.08. The average Bonchev–Trinajstić information content (AvgIpc) is 2.57. The van der Waals surface area contributed by atoms with Gasteiger partial charge in [0.2, 0.25) is 0 Å². The van der Waals surface area contributed by atoms with E-state index in [1.54, 1.807) is 12.1 Å². The van der Waals surface area contributed by atoms with Crippen molar-refractivity contribution < 1.29 is 9.18 Å². The molecule has 2 rings (SSSR count). The molecule has 2 nitrogen and oxygen atoms in total. The maximum absolute atomic E-state index is 13.7. The third-order valence-corrected chi connectivity index (χ3v) is 4.36. The van der Waals surface area contributed by atoms with Gasteiger partial charge in [-0.05, 0) is 30.5 Å². The molecule has 2 atom stereocenters. The Kier molecular flexibility index (Phi) is 5.11. The number of carbonyl (C=O) groups excluding carboxylic acids is 1. The lowest BCUT2D eigenvalue weighted by atomic mass is 9.88. The quantitative estimate of drug-likeness (QED) is 0.862. The molecule has 0 radical (unpaired) electrons. The highest BCUT2D eigenvalue weighted by atomic mass is 79.9. The molecular formula is C15H19BrFNO. The van der Waals surface area contributed by atoms with E-state index in [1.807, 2.05) is 0 Å². The van der Waals surface area contributed by atoms with Crippen LogP contribution >= 0.6 is 15.9 Å². The number of rotatable bonds is 3. The summed E-state index contributed by atoms with van der Waals surface area (Å²) in [6.45, 7) is 0. The number of hydrogen-bond donors (Lipinski definition) is 1. The highest BCUT2D eigenvalue weighted by molar-refractivity contribution is 9.10. The van der Waals surface area contributed by atoms with Crippen molar-refractivity contribution in [2.75, 3.05) is 0 Å². The zero-order valence-corrected chi connectivity index (χ0v) is 12.5. The number of Topliss-reactive ketones (excluding diaryl/α,β-unsaturated/α-hetero) is 1. The summed E-state index contributed by atoms with van der Waals surface area (Å²) in [5, 5.41) is 0. The Hall–Kier alpha value is -0.740. The maximum atomic E-state index is 13.7. The summed E-state index contributed by atoms with van der Waals surface area (Å²) < 4.78 is 14.4. The van der Waals surface area contributed by atoms with Gasteiger partial charge in [0.15, 0.2) is 0 Å². The molecule has 0 amide bonds. The lowest BCUT2D eigenvalue weighted by molar-refractivity contribution is -0.123. The fraction of sp³-hybridized carbons (Fsp3) is 0.533. The van der Waals surface area contributed by atoms with E-state index in [9.17, 15) is 9.18 Å². The van der Waals surface area contributed by atoms with Crippen LogP contribution in [0.25, 0.3) is 0 Å². The van der Waals surface area contributed by atoms with Gasteiger partial charge in [0.1, 0.15) is 11.6 Å². The summed E-state index contributed by atoms with van der Waals surface area (Å²) in [6, 6.07) is 4.77. The third-order valence-electron chi connectivity index (χ3n) is 3.86. The Morgan fingerprint density at radius 3 is 2.79 bits per heavy atom. The van der Waals surface area contributed by atoms with E-state index in [1.165, 1.54) is 6.07 Å². The van der Waals surface area contributed by atoms with E-state index in [-0.39, 0.29) is 30.0 Å². The first kappa shape index (κ1) is 14.7. The molecule has 4 heteroatoms. The van der Waals surface area contributed by atoms with Crippen LogP contribution in [0, 0.1) is 11.7 Å². The topological polar surface area (TPSA) is 43.1 Å². The Morgan fingerprint density at radius 1 is 1.32 bits per heavy atom. The van der Waals surface area contributed by atoms with E-state index >= 15 is 0 Å². The van der Waals surface area contributed by atoms with E-state index in [0.717, 1.165) is 32.1 Å². The Labute approximate surface area is 121 Å². The van der Waals surface area contributed by atoms with Crippen LogP contribution in [0.15, 0.2) is 22.7 Å². The second-order valence-electron chi connectivity index (χ2n) is 5.29. The predicted molar refractivity (Wildman–Crippen MR) is 77.4 cm³/mol. The summed E-state index contributed by atoms with van der Waals surface area (Å²) in [4.78, 5) is 12.3. The second kappa shape index (κ2) is 6.62. The van der Waals surface area contributed by atoms with Crippen molar-refractivity contribution in [3.05, 3.63) is 34.1 Å². The Bertz CT molecular complexity index is 463. The van der Waals surface area contributed by atoms with Gasteiger partial charge in [0.25, 0.3) is 0 Å². The SMILES string of the molecule is NC1CCCCCC1C(=O)Cc1ccc(Br)cc1F. The molecule has 0 bridgehead atoms. The summed E-state index contributed by atoms with van der Waals surface area (Å²) in [6.07, 6.45) is 5.18. The minimum absolute atomic E-state index is 0.0616. The van der Waals surface area contributed by atoms with Crippen LogP contribution in [0.4, 0.5) is 4.39 Å². The molecule has 1 aromatic carbocycles. The lowest BCUT2D eigenvalue weighted by Gasteiger charge is -2.20. The fourth-order valence-electron chi connectivity index (χ4n) is 2.72. The standard InChI is InChI=1S/C15H19BrFNO/c16-11-7-6-10(13(17)9-11)8-15(19)12-4-2-1-3-5-14(12)18/h6-7,9,12,14H,1-5,8,18H2. The molecule has 1 aliphatic rings. The minimum Gasteiger partial charge on any atom is -0.327 e. The summed E-state index contributed by atoms with van der Waals surface area (Å²) in [7, 11) is 0. The summed E-state index contributed by atoms with van der Waals surface area (Å²) in [5.41, 5.74) is 6.54. The number of benzene rings is 1. The molecule has 1 aliphatic carbocycles. The number of hydrogen-bond acceptors (Lipinski definition) is 2. The first-order valence-electron chi connectivity index (χ1n) is 6.80. The van der Waals surface area contributed by atoms with Crippen LogP contribution < -0.4 is 5.73 Å². The van der Waals surface area contributed by atoms with Crippen molar-refractivity contribution >= 4 is 21.7 Å². The molecule has 2 unspecified atom stereocenters. The van der Waals surface area contributed by atoms with Crippen LogP contribution in [-0.2, 0) is 11.2 Å². The van der Waals surface area contributed by atoms with Gasteiger partial charge in [0.05, 0.1) is 0 Å². The molecule has 104 valence electrons. The van der Waals surface area contributed by atoms with Gasteiger partial charge in [-0.1, -0.05) is 41.3 Å². The van der Waals surface area contributed by atoms with Crippen LogP contribution in [0.2, 0.25) is 0 Å². The molecule has 2 N–H and O–H groups in total. The molecule has 0 aliphatic heterocycles. The summed E-state index contributed by atoms with van der Waals surface area (Å²) >= 11 is 3.21. The van der Waals surface area contributed by atoms with Gasteiger partial charge in [-0.25, -0.2) is 4.39 Å². The van der Waals surface area contributed by atoms with E-state index < -0.39 is 0 Å². The van der Waals surface area contributed by atoms with Crippen molar-refractivity contribution in [2.45, 2.75) is 44.6 Å². The van der Waals surface area contributed by atoms with Crippen LogP contribution in [0.5, 0.6) is 0 Å². The highest BCUT2D eigenvalue weighted by Crippen LogP contribution is 2.25. The zero-order valence-electron chi connectivity index (χ0n) is 10.9. The molecule has 1 fully saturated rings. The third kappa shape index (κ3) is 3.86. The first-order valence-corrected chi connectivity index (χ1v) is 7.59. The molecule has 1 saturated carbocycles. The van der Waals surface area contributed by atoms with E-state index in [4.69, 9.17) is 5.73 Å². The monoisotopic (exact) mass is 327 g/mol. The zero-order chi connectivity index (χ0) is 13.8. The number of carbonyl (C=O) groups is 1. The minimum atomic E-state index is -0.329. The van der Waals surface area contributed by atoms with Gasteiger partial charge >= 0.3 is 0 Å². The second-order valence-corrected chi connectivity index (χ2v) is 6.20. The molecule has 0 spiro atoms. The van der Waals surface area contributed by atoms with Gasteiger partial charge in [-0.2, -0.15) is 0 Å². The summed E-state index contributed by atoms with van der Waals surface area (Å²) in [5.74, 6) is -0.355. The molecular weight excluding hydrogens is 309 g/mol. The van der Waals surface area contributed by atoms with Gasteiger partial charge < -0.3 is 5.73 Å². The number of nitrogens with two attached hydrogens (primary N) is 1. The molecule has 19 heavy (non-hydrogen) atoms. The number of halogens is 2. The largest absolute Gasteiger partial charge is 0.327 e. The fourth-order valence-corrected chi connectivity index (χ4v) is 3.05. The lowest BCUT2D eigenvalue weighted by Crippen LogP contribution is -2.35. The van der Waals surface area contributed by atoms with Crippen molar-refractivity contribution in [1.82, 2.24) is 0 Å². The van der Waals surface area contributed by atoms with Crippen LogP contribution in [0.3, 0.4) is 0 Å². The van der Waals surface area contributed by atoms with Crippen molar-refractivity contribution in [2.24, 2.45) is 11.7 Å². The van der Waals surface area contributed by atoms with Crippen LogP contribution in [-0.4, -0.2) is 11.8 Å². The molecule has 0 heterocycles. The normalized spacial score (nSPS) is 23.9. The highest BCUT2D eigenvalue weighted by Gasteiger charge is 2.27. The maximum Gasteiger partial charge on any atom is 0.141 e. The smallest absolute Gasteiger partial charge is 0.141 e. The van der Waals surface area contributed by atoms with Gasteiger partial charge in [-0.3, -0.25) is 4.79 Å². The van der Waals surface area contributed by atoms with Crippen molar-refractivity contribution in [1.29, 1.82) is 0 Å². The van der Waals surface area contributed by atoms with Gasteiger partial charge in [-0.15, -0.1) is 0 Å². The van der Waals surface area contributed by atoms with Crippen molar-refractivity contribution in [3.8, 4) is 0 Å². The van der Waals surface area contributed by atoms with Crippen molar-refractivity contribution in [3.63, 3.8) is 0 Å². The van der Waals surface area contributed by atoms with Crippen LogP contribution in [0.1, 0.15) is 37.7 Å². The molecule has 1 aromatic rings. The number of ketones is 1. The Balaban J connectivity index is 2.07. The van der Waals surface area contributed by atoms with E-state index in [0.29, 0.717) is 10.0 Å². The predicted octanol–water partition coefficient (Wildman–Crippen LogP) is 3.61. The van der Waals surface area contributed by atoms with Gasteiger partial charge in [0, 0.05) is 22.9 Å². The van der Waals surface area contributed by atoms with E-state index in [2.05, 4.69) is 15.9 Å². The Morgan fingerprint density at radius 2 is 2.05 bits per heavy atom.